The molecule has 0 saturated heterocycles. The van der Waals surface area contributed by atoms with E-state index in [0.29, 0.717) is 12.1 Å². The average molecular weight is 303 g/mol. The van der Waals surface area contributed by atoms with Crippen LogP contribution >= 0.6 is 11.8 Å². The third-order valence-electron chi connectivity index (χ3n) is 4.02. The van der Waals surface area contributed by atoms with Gasteiger partial charge < -0.3 is 5.32 Å². The molecule has 1 heterocycles. The van der Waals surface area contributed by atoms with Gasteiger partial charge in [0, 0.05) is 11.8 Å². The van der Waals surface area contributed by atoms with Gasteiger partial charge in [-0.15, -0.1) is 5.10 Å². The van der Waals surface area contributed by atoms with Crippen molar-refractivity contribution >= 4 is 11.8 Å². The number of nitrogens with one attached hydrogen (secondary N) is 1. The van der Waals surface area contributed by atoms with Crippen LogP contribution in [0, 0.1) is 13.8 Å². The Bertz CT molecular complexity index is 620. The van der Waals surface area contributed by atoms with Gasteiger partial charge in [0.15, 0.2) is 0 Å². The number of hydrogen-bond acceptors (Lipinski definition) is 5. The molecule has 1 fully saturated rings. The van der Waals surface area contributed by atoms with Gasteiger partial charge in [0.1, 0.15) is 0 Å². The molecule has 3 rings (SSSR count). The predicted octanol–water partition coefficient (Wildman–Crippen LogP) is 2.68. The first-order valence-electron chi connectivity index (χ1n) is 7.34. The van der Waals surface area contributed by atoms with Gasteiger partial charge in [0.25, 0.3) is 0 Å². The number of tetrazole rings is 1. The molecule has 1 aromatic carbocycles. The fourth-order valence-electron chi connectivity index (χ4n) is 2.31. The van der Waals surface area contributed by atoms with Gasteiger partial charge in [-0.05, 0) is 60.9 Å². The smallest absolute Gasteiger partial charge is 0.209 e. The van der Waals surface area contributed by atoms with Crippen molar-refractivity contribution in [3.8, 4) is 0 Å². The summed E-state index contributed by atoms with van der Waals surface area (Å²) < 4.78 is 1.97. The van der Waals surface area contributed by atoms with Crippen molar-refractivity contribution in [2.75, 3.05) is 12.8 Å². The lowest BCUT2D eigenvalue weighted by molar-refractivity contribution is 0.564. The number of nitrogens with zero attached hydrogens (tertiary/aromatic N) is 4. The largest absolute Gasteiger partial charge is 0.312 e. The molecule has 1 aliphatic carbocycles. The zero-order chi connectivity index (χ0) is 14.8. The molecule has 0 radical (unpaired) electrons. The zero-order valence-electron chi connectivity index (χ0n) is 12.7. The van der Waals surface area contributed by atoms with E-state index in [1.165, 1.54) is 29.5 Å². The molecule has 0 amide bonds. The van der Waals surface area contributed by atoms with Crippen LogP contribution in [0.4, 0.5) is 0 Å². The fourth-order valence-corrected chi connectivity index (χ4v) is 3.40. The van der Waals surface area contributed by atoms with Crippen molar-refractivity contribution in [2.45, 2.75) is 43.9 Å². The summed E-state index contributed by atoms with van der Waals surface area (Å²) in [5.41, 5.74) is 3.98. The van der Waals surface area contributed by atoms with Crippen molar-refractivity contribution in [1.29, 1.82) is 0 Å². The Morgan fingerprint density at radius 3 is 2.81 bits per heavy atom. The molecular weight excluding hydrogens is 282 g/mol. The normalized spacial score (nSPS) is 16.1. The summed E-state index contributed by atoms with van der Waals surface area (Å²) in [5.74, 6) is 0.923. The van der Waals surface area contributed by atoms with E-state index in [1.54, 1.807) is 11.8 Å². The summed E-state index contributed by atoms with van der Waals surface area (Å²) in [6.07, 6.45) is 2.40. The molecule has 1 atom stereocenters. The van der Waals surface area contributed by atoms with Gasteiger partial charge in [0.2, 0.25) is 5.16 Å². The molecule has 0 bridgehead atoms. The summed E-state index contributed by atoms with van der Waals surface area (Å²) in [6.45, 7) is 4.30. The molecule has 21 heavy (non-hydrogen) atoms. The van der Waals surface area contributed by atoms with Crippen LogP contribution in [0.25, 0.3) is 0 Å². The maximum absolute atomic E-state index is 4.15. The number of hydrogen-bond donors (Lipinski definition) is 1. The van der Waals surface area contributed by atoms with Crippen LogP contribution in [0.2, 0.25) is 0 Å². The Labute approximate surface area is 129 Å². The Morgan fingerprint density at radius 2 is 2.14 bits per heavy atom. The third-order valence-corrected chi connectivity index (χ3v) is 5.04. The summed E-state index contributed by atoms with van der Waals surface area (Å²) >= 11 is 1.72. The number of rotatable bonds is 6. The molecule has 5 nitrogen and oxygen atoms in total. The van der Waals surface area contributed by atoms with Crippen LogP contribution in [0.15, 0.2) is 23.4 Å². The van der Waals surface area contributed by atoms with E-state index in [-0.39, 0.29) is 0 Å². The Hall–Kier alpha value is -1.40. The zero-order valence-corrected chi connectivity index (χ0v) is 13.5. The molecule has 0 spiro atoms. The monoisotopic (exact) mass is 303 g/mol. The summed E-state index contributed by atoms with van der Waals surface area (Å²) in [7, 11) is 2.00. The van der Waals surface area contributed by atoms with E-state index in [9.17, 15) is 0 Å². The highest BCUT2D eigenvalue weighted by Gasteiger charge is 2.28. The number of benzene rings is 1. The van der Waals surface area contributed by atoms with Gasteiger partial charge in [-0.2, -0.15) is 0 Å². The summed E-state index contributed by atoms with van der Waals surface area (Å²) in [6, 6.07) is 7.48. The van der Waals surface area contributed by atoms with Crippen molar-refractivity contribution in [3.05, 3.63) is 34.9 Å². The third kappa shape index (κ3) is 3.27. The Balaban J connectivity index is 1.69. The maximum Gasteiger partial charge on any atom is 0.209 e. The van der Waals surface area contributed by atoms with Crippen LogP contribution in [0.5, 0.6) is 0 Å². The van der Waals surface area contributed by atoms with Gasteiger partial charge in [-0.25, -0.2) is 4.68 Å². The van der Waals surface area contributed by atoms with Crippen LogP contribution < -0.4 is 5.32 Å². The van der Waals surface area contributed by atoms with E-state index in [0.717, 1.165) is 10.9 Å². The quantitative estimate of drug-likeness (QED) is 0.832. The minimum absolute atomic E-state index is 0.304. The topological polar surface area (TPSA) is 55.6 Å². The van der Waals surface area contributed by atoms with Crippen LogP contribution in [-0.4, -0.2) is 33.0 Å². The molecule has 1 N–H and O–H groups in total. The second-order valence-electron chi connectivity index (χ2n) is 5.63. The first-order chi connectivity index (χ1) is 10.2. The van der Waals surface area contributed by atoms with E-state index in [4.69, 9.17) is 0 Å². The molecular formula is C15H21N5S. The molecule has 1 aliphatic rings. The van der Waals surface area contributed by atoms with Crippen molar-refractivity contribution in [3.63, 3.8) is 0 Å². The van der Waals surface area contributed by atoms with E-state index in [2.05, 4.69) is 52.9 Å². The summed E-state index contributed by atoms with van der Waals surface area (Å²) in [4.78, 5) is 0. The van der Waals surface area contributed by atoms with E-state index in [1.807, 2.05) is 11.7 Å². The molecule has 1 aromatic heterocycles. The lowest BCUT2D eigenvalue weighted by atomic mass is 10.0. The molecule has 2 aromatic rings. The first-order valence-corrected chi connectivity index (χ1v) is 8.32. The maximum atomic E-state index is 4.15. The lowest BCUT2D eigenvalue weighted by Gasteiger charge is -2.17. The average Bonchev–Trinajstić information content (AvgIpc) is 3.22. The van der Waals surface area contributed by atoms with Gasteiger partial charge in [-0.3, -0.25) is 0 Å². The lowest BCUT2D eigenvalue weighted by Crippen LogP contribution is -2.19. The van der Waals surface area contributed by atoms with Crippen molar-refractivity contribution in [2.24, 2.45) is 0 Å². The molecule has 1 saturated carbocycles. The highest BCUT2D eigenvalue weighted by Crippen LogP contribution is 2.37. The second kappa shape index (κ2) is 6.15. The van der Waals surface area contributed by atoms with Crippen molar-refractivity contribution < 1.29 is 0 Å². The number of aryl methyl sites for hydroxylation is 2. The van der Waals surface area contributed by atoms with Crippen LogP contribution in [0.1, 0.15) is 41.6 Å². The SMILES string of the molecule is CNC(CSc1nnnn1C1CC1)c1ccc(C)c(C)c1. The standard InChI is InChI=1S/C15H21N5S/c1-10-4-5-12(8-11(10)2)14(16-3)9-21-15-17-18-19-20(15)13-6-7-13/h4-5,8,13-14,16H,6-7,9H2,1-3H3. The Morgan fingerprint density at radius 1 is 1.33 bits per heavy atom. The number of aromatic nitrogens is 4. The highest BCUT2D eigenvalue weighted by molar-refractivity contribution is 7.99. The second-order valence-corrected chi connectivity index (χ2v) is 6.62. The molecule has 6 heteroatoms. The van der Waals surface area contributed by atoms with E-state index < -0.39 is 0 Å². The predicted molar refractivity (Wildman–Crippen MR) is 84.5 cm³/mol. The molecule has 0 aliphatic heterocycles. The van der Waals surface area contributed by atoms with Crippen molar-refractivity contribution in [1.82, 2.24) is 25.5 Å². The van der Waals surface area contributed by atoms with Crippen LogP contribution in [0.3, 0.4) is 0 Å². The Kier molecular flexibility index (Phi) is 4.26. The first kappa shape index (κ1) is 14.5. The minimum Gasteiger partial charge on any atom is -0.312 e. The molecule has 112 valence electrons. The highest BCUT2D eigenvalue weighted by atomic mass is 32.2. The van der Waals surface area contributed by atoms with Gasteiger partial charge >= 0.3 is 0 Å². The minimum atomic E-state index is 0.304. The van der Waals surface area contributed by atoms with Crippen LogP contribution in [-0.2, 0) is 0 Å². The summed E-state index contributed by atoms with van der Waals surface area (Å²) in [5, 5.41) is 16.4. The fraction of sp³-hybridized carbons (Fsp3) is 0.533. The van der Waals surface area contributed by atoms with E-state index >= 15 is 0 Å². The van der Waals surface area contributed by atoms with Gasteiger partial charge in [-0.1, -0.05) is 30.0 Å². The molecule has 1 unspecified atom stereocenters. The number of thioether (sulfide) groups is 1. The van der Waals surface area contributed by atoms with Gasteiger partial charge in [0.05, 0.1) is 6.04 Å².